The van der Waals surface area contributed by atoms with Crippen LogP contribution in [-0.2, 0) is 3.93 Å². The van der Waals surface area contributed by atoms with E-state index in [1.54, 1.807) is 0 Å². The van der Waals surface area contributed by atoms with E-state index in [0.717, 1.165) is 22.6 Å². The standard InChI is InChI=1S/C14H9ClF2INO2/c15-9-4-5-12(20)11(7-9)13(21)19-10-3-1-2-8(6-10)14(16,17)18/h1-7,20H,(H,19,21). The smallest absolute Gasteiger partial charge is 0.321 e. The lowest BCUT2D eigenvalue weighted by Crippen LogP contribution is -2.13. The molecule has 110 valence electrons. The number of phenols is 1. The summed E-state index contributed by atoms with van der Waals surface area (Å²) in [6, 6.07) is 9.34. The second-order valence-corrected chi connectivity index (χ2v) is 5.99. The Labute approximate surface area is 138 Å². The molecule has 7 heteroatoms. The average Bonchev–Trinajstić information content (AvgIpc) is 2.41. The minimum absolute atomic E-state index is 0.0332. The third-order valence-corrected chi connectivity index (χ3v) is 3.51. The highest BCUT2D eigenvalue weighted by atomic mass is 127. The van der Waals surface area contributed by atoms with Crippen LogP contribution >= 0.6 is 34.2 Å². The summed E-state index contributed by atoms with van der Waals surface area (Å²) in [5.74, 6) is -0.879. The van der Waals surface area contributed by atoms with Crippen molar-refractivity contribution < 1.29 is 18.7 Å². The number of halogens is 4. The highest BCUT2D eigenvalue weighted by Crippen LogP contribution is 2.36. The molecule has 0 aliphatic heterocycles. The minimum atomic E-state index is -3.03. The maximum atomic E-state index is 13.2. The van der Waals surface area contributed by atoms with Gasteiger partial charge >= 0.3 is 3.93 Å². The van der Waals surface area contributed by atoms with Gasteiger partial charge in [-0.3, -0.25) is 4.79 Å². The lowest BCUT2D eigenvalue weighted by Gasteiger charge is -2.11. The second kappa shape index (κ2) is 6.15. The van der Waals surface area contributed by atoms with Gasteiger partial charge in [0.15, 0.2) is 0 Å². The average molecular weight is 424 g/mol. The van der Waals surface area contributed by atoms with Crippen molar-refractivity contribution in [1.82, 2.24) is 0 Å². The molecular formula is C14H9ClF2INO2. The molecule has 0 spiro atoms. The van der Waals surface area contributed by atoms with Crippen LogP contribution in [0.3, 0.4) is 0 Å². The Hall–Kier alpha value is -1.41. The van der Waals surface area contributed by atoms with Crippen LogP contribution in [0.15, 0.2) is 42.5 Å². The number of carbonyl (C=O) groups is 1. The Morgan fingerprint density at radius 3 is 2.62 bits per heavy atom. The third kappa shape index (κ3) is 4.04. The molecule has 2 aromatic carbocycles. The number of hydrogen-bond donors (Lipinski definition) is 2. The summed E-state index contributed by atoms with van der Waals surface area (Å²) < 4.78 is 23.4. The van der Waals surface area contributed by atoms with Gasteiger partial charge in [0.05, 0.1) is 5.56 Å². The molecule has 0 heterocycles. The lowest BCUT2D eigenvalue weighted by molar-refractivity contribution is 0.102. The van der Waals surface area contributed by atoms with Gasteiger partial charge in [-0.1, -0.05) is 23.7 Å². The molecule has 0 saturated heterocycles. The largest absolute Gasteiger partial charge is 0.507 e. The van der Waals surface area contributed by atoms with Crippen LogP contribution in [-0.4, -0.2) is 11.0 Å². The first kappa shape index (κ1) is 16.0. The zero-order valence-corrected chi connectivity index (χ0v) is 13.3. The summed E-state index contributed by atoms with van der Waals surface area (Å²) in [6.07, 6.45) is 0. The number of carbonyl (C=O) groups excluding carboxylic acids is 1. The van der Waals surface area contributed by atoms with Crippen molar-refractivity contribution in [3.63, 3.8) is 0 Å². The van der Waals surface area contributed by atoms with Gasteiger partial charge in [0.25, 0.3) is 5.91 Å². The van der Waals surface area contributed by atoms with E-state index >= 15 is 0 Å². The van der Waals surface area contributed by atoms with E-state index in [9.17, 15) is 18.7 Å². The first-order valence-electron chi connectivity index (χ1n) is 5.74. The van der Waals surface area contributed by atoms with Crippen molar-refractivity contribution in [3.05, 3.63) is 58.6 Å². The van der Waals surface area contributed by atoms with Crippen LogP contribution < -0.4 is 5.32 Å². The Morgan fingerprint density at radius 2 is 1.95 bits per heavy atom. The summed E-state index contributed by atoms with van der Waals surface area (Å²) in [5, 5.41) is 12.4. The van der Waals surface area contributed by atoms with Crippen molar-refractivity contribution in [2.75, 3.05) is 5.32 Å². The molecule has 2 rings (SSSR count). The minimum Gasteiger partial charge on any atom is -0.507 e. The van der Waals surface area contributed by atoms with Gasteiger partial charge in [-0.2, -0.15) is 8.78 Å². The summed E-state index contributed by atoms with van der Waals surface area (Å²) in [7, 11) is 0. The van der Waals surface area contributed by atoms with E-state index in [1.807, 2.05) is 0 Å². The van der Waals surface area contributed by atoms with E-state index in [2.05, 4.69) is 5.32 Å². The quantitative estimate of drug-likeness (QED) is 0.551. The predicted octanol–water partition coefficient (Wildman–Crippen LogP) is 4.78. The number of benzene rings is 2. The zero-order valence-electron chi connectivity index (χ0n) is 10.4. The number of alkyl halides is 3. The molecule has 2 aromatic rings. The van der Waals surface area contributed by atoms with E-state index in [0.29, 0.717) is 0 Å². The summed E-state index contributed by atoms with van der Waals surface area (Å²) >= 11 is 6.77. The predicted molar refractivity (Wildman–Crippen MR) is 85.4 cm³/mol. The number of anilines is 1. The fraction of sp³-hybridized carbons (Fsp3) is 0.0714. The van der Waals surface area contributed by atoms with Crippen LogP contribution in [0.1, 0.15) is 15.9 Å². The SMILES string of the molecule is O=C(Nc1cccc(C(F)(F)I)c1)c1cc(Cl)ccc1O. The Morgan fingerprint density at radius 1 is 1.24 bits per heavy atom. The summed E-state index contributed by atoms with van der Waals surface area (Å²) in [5.41, 5.74) is -0.0569. The van der Waals surface area contributed by atoms with Crippen LogP contribution in [0.4, 0.5) is 14.5 Å². The maximum absolute atomic E-state index is 13.2. The number of hydrogen-bond acceptors (Lipinski definition) is 2. The lowest BCUT2D eigenvalue weighted by atomic mass is 10.1. The molecule has 0 aromatic heterocycles. The van der Waals surface area contributed by atoms with Crippen molar-refractivity contribution in [2.24, 2.45) is 0 Å². The molecule has 0 saturated carbocycles. The van der Waals surface area contributed by atoms with Crippen molar-refractivity contribution in [1.29, 1.82) is 0 Å². The van der Waals surface area contributed by atoms with Crippen LogP contribution in [0.2, 0.25) is 5.02 Å². The Balaban J connectivity index is 2.26. The van der Waals surface area contributed by atoms with Gasteiger partial charge in [-0.25, -0.2) is 0 Å². The van der Waals surface area contributed by atoms with Gasteiger partial charge < -0.3 is 10.4 Å². The van der Waals surface area contributed by atoms with Crippen LogP contribution in [0.5, 0.6) is 5.75 Å². The Bertz CT molecular complexity index is 689. The fourth-order valence-corrected chi connectivity index (χ4v) is 2.17. The van der Waals surface area contributed by atoms with E-state index < -0.39 is 9.84 Å². The molecule has 0 aliphatic carbocycles. The number of nitrogens with one attached hydrogen (secondary N) is 1. The number of phenolic OH excluding ortho intramolecular Hbond substituents is 1. The molecule has 0 radical (unpaired) electrons. The topological polar surface area (TPSA) is 49.3 Å². The molecule has 21 heavy (non-hydrogen) atoms. The van der Waals surface area contributed by atoms with Crippen molar-refractivity contribution in [2.45, 2.75) is 3.93 Å². The van der Waals surface area contributed by atoms with Gasteiger partial charge in [-0.15, -0.1) is 0 Å². The van der Waals surface area contributed by atoms with Crippen molar-refractivity contribution in [3.8, 4) is 5.75 Å². The van der Waals surface area contributed by atoms with Crippen molar-refractivity contribution >= 4 is 45.8 Å². The monoisotopic (exact) mass is 423 g/mol. The molecule has 0 fully saturated rings. The highest BCUT2D eigenvalue weighted by Gasteiger charge is 2.27. The number of aromatic hydroxyl groups is 1. The van der Waals surface area contributed by atoms with Gasteiger partial charge in [0.1, 0.15) is 5.75 Å². The summed E-state index contributed by atoms with van der Waals surface area (Å²) in [4.78, 5) is 12.0. The van der Waals surface area contributed by atoms with E-state index in [-0.39, 0.29) is 27.6 Å². The van der Waals surface area contributed by atoms with Crippen LogP contribution in [0, 0.1) is 0 Å². The van der Waals surface area contributed by atoms with E-state index in [4.69, 9.17) is 11.6 Å². The molecule has 2 N–H and O–H groups in total. The molecule has 3 nitrogen and oxygen atoms in total. The highest BCUT2D eigenvalue weighted by molar-refractivity contribution is 14.1. The third-order valence-electron chi connectivity index (χ3n) is 2.65. The second-order valence-electron chi connectivity index (χ2n) is 4.19. The first-order valence-corrected chi connectivity index (χ1v) is 7.20. The van der Waals surface area contributed by atoms with Gasteiger partial charge in [0, 0.05) is 38.9 Å². The maximum Gasteiger partial charge on any atom is 0.321 e. The number of amides is 1. The summed E-state index contributed by atoms with van der Waals surface area (Å²) in [6.45, 7) is 0. The number of rotatable bonds is 3. The molecule has 0 unspecified atom stereocenters. The molecule has 0 aliphatic rings. The van der Waals surface area contributed by atoms with Gasteiger partial charge in [0.2, 0.25) is 0 Å². The molecule has 0 bridgehead atoms. The molecule has 0 atom stereocenters. The van der Waals surface area contributed by atoms with Gasteiger partial charge in [-0.05, 0) is 30.3 Å². The zero-order chi connectivity index (χ0) is 15.6. The first-order chi connectivity index (χ1) is 9.77. The normalized spacial score (nSPS) is 11.2. The fourth-order valence-electron chi connectivity index (χ4n) is 1.66. The molecule has 1 amide bonds. The van der Waals surface area contributed by atoms with E-state index in [1.165, 1.54) is 42.5 Å². The Kier molecular flexibility index (Phi) is 4.67. The molecular weight excluding hydrogens is 415 g/mol. The van der Waals surface area contributed by atoms with Crippen LogP contribution in [0.25, 0.3) is 0 Å².